The minimum Gasteiger partial charge on any atom is -0.382 e. The highest BCUT2D eigenvalue weighted by Crippen LogP contribution is 2.28. The van der Waals surface area contributed by atoms with Crippen LogP contribution in [0.1, 0.15) is 40.2 Å². The SMILES string of the molecule is Cc1ccc(C(=O)N[C@H]2CC[C@@H](Nc3ccnc4cc(Cl)ccc34)CC2)s1. The minimum absolute atomic E-state index is 0.0570. The summed E-state index contributed by atoms with van der Waals surface area (Å²) in [5, 5.41) is 8.63. The normalized spacial score (nSPS) is 19.8. The Hall–Kier alpha value is -2.11. The first-order chi connectivity index (χ1) is 13.1. The Morgan fingerprint density at radius 3 is 2.63 bits per heavy atom. The second-order valence-electron chi connectivity index (χ2n) is 7.10. The van der Waals surface area contributed by atoms with Crippen LogP contribution >= 0.6 is 22.9 Å². The largest absolute Gasteiger partial charge is 0.382 e. The van der Waals surface area contributed by atoms with Gasteiger partial charge in [0.05, 0.1) is 10.4 Å². The summed E-state index contributed by atoms with van der Waals surface area (Å²) in [7, 11) is 0. The molecular formula is C21H22ClN3OS. The number of aromatic nitrogens is 1. The summed E-state index contributed by atoms with van der Waals surface area (Å²) < 4.78 is 0. The summed E-state index contributed by atoms with van der Waals surface area (Å²) >= 11 is 7.62. The molecule has 0 aliphatic heterocycles. The topological polar surface area (TPSA) is 54.0 Å². The second-order valence-corrected chi connectivity index (χ2v) is 8.82. The molecule has 0 atom stereocenters. The van der Waals surface area contributed by atoms with Crippen molar-refractivity contribution in [3.63, 3.8) is 0 Å². The predicted molar refractivity (Wildman–Crippen MR) is 113 cm³/mol. The average Bonchev–Trinajstić information content (AvgIpc) is 3.10. The third-order valence-electron chi connectivity index (χ3n) is 5.09. The van der Waals surface area contributed by atoms with Crippen LogP contribution in [0.3, 0.4) is 0 Å². The van der Waals surface area contributed by atoms with Gasteiger partial charge in [0.2, 0.25) is 0 Å². The molecule has 1 aliphatic carbocycles. The van der Waals surface area contributed by atoms with E-state index in [1.165, 1.54) is 4.88 Å². The van der Waals surface area contributed by atoms with Crippen LogP contribution in [0, 0.1) is 6.92 Å². The van der Waals surface area contributed by atoms with Gasteiger partial charge in [-0.2, -0.15) is 0 Å². The number of benzene rings is 1. The first kappa shape index (κ1) is 18.3. The molecule has 1 aliphatic rings. The highest BCUT2D eigenvalue weighted by molar-refractivity contribution is 7.13. The van der Waals surface area contributed by atoms with Crippen LogP contribution in [0.2, 0.25) is 5.02 Å². The molecule has 2 heterocycles. The van der Waals surface area contributed by atoms with Gasteiger partial charge in [-0.25, -0.2) is 0 Å². The zero-order chi connectivity index (χ0) is 18.8. The Kier molecular flexibility index (Phi) is 5.32. The maximum absolute atomic E-state index is 12.3. The summed E-state index contributed by atoms with van der Waals surface area (Å²) in [6.07, 6.45) is 5.86. The molecule has 2 aromatic heterocycles. The van der Waals surface area contributed by atoms with Gasteiger partial charge in [-0.15, -0.1) is 11.3 Å². The van der Waals surface area contributed by atoms with Crippen molar-refractivity contribution >= 4 is 45.4 Å². The molecule has 27 heavy (non-hydrogen) atoms. The zero-order valence-corrected chi connectivity index (χ0v) is 16.7. The molecule has 0 unspecified atom stereocenters. The van der Waals surface area contributed by atoms with Gasteiger partial charge in [0.1, 0.15) is 0 Å². The fraction of sp³-hybridized carbons (Fsp3) is 0.333. The number of pyridine rings is 1. The number of carbonyl (C=O) groups is 1. The molecular weight excluding hydrogens is 378 g/mol. The van der Waals surface area contributed by atoms with Gasteiger partial charge in [-0.05, 0) is 69.0 Å². The third-order valence-corrected chi connectivity index (χ3v) is 6.33. The first-order valence-corrected chi connectivity index (χ1v) is 10.5. The van der Waals surface area contributed by atoms with E-state index in [4.69, 9.17) is 11.6 Å². The average molecular weight is 400 g/mol. The van der Waals surface area contributed by atoms with Crippen molar-refractivity contribution in [1.82, 2.24) is 10.3 Å². The highest BCUT2D eigenvalue weighted by Gasteiger charge is 2.23. The van der Waals surface area contributed by atoms with E-state index in [0.29, 0.717) is 11.1 Å². The van der Waals surface area contributed by atoms with E-state index in [2.05, 4.69) is 15.6 Å². The summed E-state index contributed by atoms with van der Waals surface area (Å²) in [5.41, 5.74) is 2.00. The predicted octanol–water partition coefficient (Wildman–Crippen LogP) is 5.41. The van der Waals surface area contributed by atoms with Gasteiger partial charge in [-0.3, -0.25) is 9.78 Å². The van der Waals surface area contributed by atoms with E-state index in [9.17, 15) is 4.79 Å². The fourth-order valence-electron chi connectivity index (χ4n) is 3.66. The number of hydrogen-bond donors (Lipinski definition) is 2. The maximum atomic E-state index is 12.3. The number of anilines is 1. The van der Waals surface area contributed by atoms with Crippen LogP contribution in [0.15, 0.2) is 42.6 Å². The number of nitrogens with one attached hydrogen (secondary N) is 2. The van der Waals surface area contributed by atoms with Crippen LogP contribution in [0.25, 0.3) is 10.9 Å². The van der Waals surface area contributed by atoms with Crippen molar-refractivity contribution in [2.24, 2.45) is 0 Å². The van der Waals surface area contributed by atoms with E-state index in [1.807, 2.05) is 49.5 Å². The number of amides is 1. The number of aryl methyl sites for hydroxylation is 1. The van der Waals surface area contributed by atoms with Crippen LogP contribution in [0.4, 0.5) is 5.69 Å². The molecule has 1 aromatic carbocycles. The summed E-state index contributed by atoms with van der Waals surface area (Å²) in [6.45, 7) is 2.02. The van der Waals surface area contributed by atoms with Crippen molar-refractivity contribution in [2.75, 3.05) is 5.32 Å². The van der Waals surface area contributed by atoms with E-state index < -0.39 is 0 Å². The molecule has 3 aromatic rings. The van der Waals surface area contributed by atoms with E-state index >= 15 is 0 Å². The summed E-state index contributed by atoms with van der Waals surface area (Å²) in [4.78, 5) is 18.7. The molecule has 1 fully saturated rings. The lowest BCUT2D eigenvalue weighted by Crippen LogP contribution is -2.39. The van der Waals surface area contributed by atoms with Crippen LogP contribution < -0.4 is 10.6 Å². The van der Waals surface area contributed by atoms with Crippen molar-refractivity contribution in [3.8, 4) is 0 Å². The molecule has 1 saturated carbocycles. The Balaban J connectivity index is 1.35. The molecule has 1 amide bonds. The van der Waals surface area contributed by atoms with Gasteiger partial charge in [0.15, 0.2) is 0 Å². The van der Waals surface area contributed by atoms with Crippen molar-refractivity contribution in [2.45, 2.75) is 44.7 Å². The number of fused-ring (bicyclic) bond motifs is 1. The Labute approximate surface area is 168 Å². The van der Waals surface area contributed by atoms with Gasteiger partial charge in [-0.1, -0.05) is 11.6 Å². The van der Waals surface area contributed by atoms with Gasteiger partial charge in [0, 0.05) is 39.3 Å². The molecule has 2 N–H and O–H groups in total. The van der Waals surface area contributed by atoms with Crippen molar-refractivity contribution < 1.29 is 4.79 Å². The molecule has 0 saturated heterocycles. The Morgan fingerprint density at radius 2 is 1.89 bits per heavy atom. The molecule has 140 valence electrons. The van der Waals surface area contributed by atoms with Crippen LogP contribution in [-0.4, -0.2) is 23.0 Å². The van der Waals surface area contributed by atoms with Gasteiger partial charge >= 0.3 is 0 Å². The number of halogens is 1. The van der Waals surface area contributed by atoms with E-state index in [1.54, 1.807) is 11.3 Å². The molecule has 6 heteroatoms. The fourth-order valence-corrected chi connectivity index (χ4v) is 4.60. The lowest BCUT2D eigenvalue weighted by molar-refractivity contribution is 0.0930. The molecule has 4 rings (SSSR count). The van der Waals surface area contributed by atoms with Crippen molar-refractivity contribution in [3.05, 3.63) is 57.4 Å². The minimum atomic E-state index is 0.0570. The standard InChI is InChI=1S/C21H22ClN3OS/c1-13-2-9-20(27-13)21(26)25-16-6-4-15(5-7-16)24-18-10-11-23-19-12-14(22)3-8-17(18)19/h2-3,8-12,15-16H,4-7H2,1H3,(H,23,24)(H,25,26)/t15-,16+. The number of thiophene rings is 1. The number of nitrogens with zero attached hydrogens (tertiary/aromatic N) is 1. The lowest BCUT2D eigenvalue weighted by Gasteiger charge is -2.30. The zero-order valence-electron chi connectivity index (χ0n) is 15.2. The molecule has 0 spiro atoms. The molecule has 4 nitrogen and oxygen atoms in total. The van der Waals surface area contributed by atoms with Gasteiger partial charge < -0.3 is 10.6 Å². The van der Waals surface area contributed by atoms with E-state index in [0.717, 1.165) is 47.2 Å². The highest BCUT2D eigenvalue weighted by atomic mass is 35.5. The summed E-state index contributed by atoms with van der Waals surface area (Å²) in [6, 6.07) is 12.4. The number of rotatable bonds is 4. The Bertz CT molecular complexity index is 963. The third kappa shape index (κ3) is 4.25. The van der Waals surface area contributed by atoms with Crippen LogP contribution in [0.5, 0.6) is 0 Å². The van der Waals surface area contributed by atoms with Gasteiger partial charge in [0.25, 0.3) is 5.91 Å². The lowest BCUT2D eigenvalue weighted by atomic mass is 9.91. The van der Waals surface area contributed by atoms with Crippen LogP contribution in [-0.2, 0) is 0 Å². The number of carbonyl (C=O) groups excluding carboxylic acids is 1. The first-order valence-electron chi connectivity index (χ1n) is 9.26. The van der Waals surface area contributed by atoms with Crippen molar-refractivity contribution in [1.29, 1.82) is 0 Å². The molecule has 0 bridgehead atoms. The smallest absolute Gasteiger partial charge is 0.261 e. The number of hydrogen-bond acceptors (Lipinski definition) is 4. The summed E-state index contributed by atoms with van der Waals surface area (Å²) in [5.74, 6) is 0.0570. The quantitative estimate of drug-likeness (QED) is 0.616. The maximum Gasteiger partial charge on any atom is 0.261 e. The van der Waals surface area contributed by atoms with E-state index in [-0.39, 0.29) is 11.9 Å². The second kappa shape index (κ2) is 7.87. The molecule has 0 radical (unpaired) electrons. The monoisotopic (exact) mass is 399 g/mol. The Morgan fingerprint density at radius 1 is 1.11 bits per heavy atom.